The lowest BCUT2D eigenvalue weighted by Crippen LogP contribution is -2.11. The molecule has 0 aliphatic heterocycles. The van der Waals surface area contributed by atoms with Gasteiger partial charge in [0.15, 0.2) is 0 Å². The van der Waals surface area contributed by atoms with Crippen LogP contribution in [0.1, 0.15) is 33.3 Å². The third-order valence-electron chi connectivity index (χ3n) is 2.80. The van der Waals surface area contributed by atoms with E-state index in [1.807, 2.05) is 0 Å². The van der Waals surface area contributed by atoms with Crippen molar-refractivity contribution < 1.29 is 37.3 Å². The Morgan fingerprint density at radius 3 is 1.64 bits per heavy atom. The topological polar surface area (TPSA) is 89.5 Å². The predicted octanol–water partition coefficient (Wildman–Crippen LogP) is 4.21. The average Bonchev–Trinajstić information content (AvgIpc) is 2.59. The molecule has 10 heteroatoms. The minimum Gasteiger partial charge on any atom is -0.305 e. The molecule has 0 aliphatic rings. The zero-order valence-corrected chi connectivity index (χ0v) is 16.8. The van der Waals surface area contributed by atoms with Gasteiger partial charge in [0, 0.05) is 0 Å². The molecule has 1 aromatic carbocycles. The van der Waals surface area contributed by atoms with Crippen molar-refractivity contribution in [2.75, 3.05) is 26.4 Å². The fourth-order valence-corrected chi connectivity index (χ4v) is 4.75. The molecule has 0 saturated carbocycles. The van der Waals surface area contributed by atoms with E-state index in [0.717, 1.165) is 0 Å². The molecule has 1 aromatic rings. The molecule has 0 heterocycles. The van der Waals surface area contributed by atoms with Crippen LogP contribution >= 0.6 is 15.2 Å². The van der Waals surface area contributed by atoms with E-state index >= 15 is 0 Å². The minimum atomic E-state index is -3.63. The van der Waals surface area contributed by atoms with Gasteiger partial charge in [-0.15, -0.1) is 9.35 Å². The van der Waals surface area contributed by atoms with Crippen LogP contribution in [0.3, 0.4) is 0 Å². The normalized spacial score (nSPS) is 12.5. The summed E-state index contributed by atoms with van der Waals surface area (Å²) in [5, 5.41) is 0.422. The molecule has 0 saturated heterocycles. The highest BCUT2D eigenvalue weighted by Gasteiger charge is 2.30. The lowest BCUT2D eigenvalue weighted by molar-refractivity contribution is -0.263. The summed E-state index contributed by atoms with van der Waals surface area (Å²) in [7, 11) is -6.99. The van der Waals surface area contributed by atoms with Crippen molar-refractivity contribution in [3.05, 3.63) is 29.8 Å². The van der Waals surface area contributed by atoms with Crippen LogP contribution in [0, 0.1) is 0 Å². The zero-order chi connectivity index (χ0) is 18.8. The second-order valence-corrected chi connectivity index (χ2v) is 8.59. The van der Waals surface area contributed by atoms with Gasteiger partial charge in [0.2, 0.25) is 0 Å². The lowest BCUT2D eigenvalue weighted by atomic mass is 10.2. The second-order valence-electron chi connectivity index (χ2n) is 4.73. The third kappa shape index (κ3) is 7.29. The molecule has 0 unspecified atom stereocenters. The van der Waals surface area contributed by atoms with Gasteiger partial charge in [0.1, 0.15) is 0 Å². The van der Waals surface area contributed by atoms with E-state index < -0.39 is 15.2 Å². The Kier molecular flexibility index (Phi) is 10.1. The number of rotatable bonds is 13. The molecule has 0 atom stereocenters. The average molecular weight is 396 g/mol. The number of hydrogen-bond donors (Lipinski definition) is 0. The summed E-state index contributed by atoms with van der Waals surface area (Å²) in [5.41, 5.74) is 0.631. The second kappa shape index (κ2) is 11.2. The molecule has 0 N–H and O–H groups in total. The van der Waals surface area contributed by atoms with Crippen molar-refractivity contribution in [2.24, 2.45) is 0 Å². The molecule has 0 radical (unpaired) electrons. The highest BCUT2D eigenvalue weighted by Crippen LogP contribution is 2.52. The molecule has 0 amide bonds. The summed E-state index contributed by atoms with van der Waals surface area (Å²) >= 11 is 0. The molecule has 0 bridgehead atoms. The van der Waals surface area contributed by atoms with Gasteiger partial charge in [-0.2, -0.15) is 0 Å². The Morgan fingerprint density at radius 2 is 1.24 bits per heavy atom. The van der Waals surface area contributed by atoms with Crippen LogP contribution in [0.2, 0.25) is 0 Å². The van der Waals surface area contributed by atoms with Gasteiger partial charge in [-0.05, 0) is 45.4 Å². The first kappa shape index (κ1) is 22.5. The van der Waals surface area contributed by atoms with Gasteiger partial charge in [-0.25, -0.2) is 9.78 Å². The Hall–Kier alpha value is -0.560. The van der Waals surface area contributed by atoms with Gasteiger partial charge in [0.25, 0.3) is 0 Å². The van der Waals surface area contributed by atoms with Crippen LogP contribution in [0.5, 0.6) is 0 Å². The Morgan fingerprint density at radius 1 is 0.760 bits per heavy atom. The van der Waals surface area contributed by atoms with Crippen LogP contribution in [-0.4, -0.2) is 26.4 Å². The van der Waals surface area contributed by atoms with Crippen molar-refractivity contribution in [1.82, 2.24) is 0 Å². The van der Waals surface area contributed by atoms with E-state index in [4.69, 9.17) is 28.2 Å². The summed E-state index contributed by atoms with van der Waals surface area (Å²) in [4.78, 5) is 9.51. The van der Waals surface area contributed by atoms with E-state index in [1.165, 1.54) is 0 Å². The molecule has 25 heavy (non-hydrogen) atoms. The highest BCUT2D eigenvalue weighted by atomic mass is 31.2. The molecule has 144 valence electrons. The highest BCUT2D eigenvalue weighted by molar-refractivity contribution is 7.62. The zero-order valence-electron chi connectivity index (χ0n) is 15.0. The minimum absolute atomic E-state index is 0.0686. The fourth-order valence-electron chi connectivity index (χ4n) is 1.86. The van der Waals surface area contributed by atoms with Crippen molar-refractivity contribution >= 4 is 20.5 Å². The first-order valence-electron chi connectivity index (χ1n) is 8.13. The van der Waals surface area contributed by atoms with Crippen LogP contribution in [0.25, 0.3) is 0 Å². The van der Waals surface area contributed by atoms with Gasteiger partial charge in [0.05, 0.1) is 37.9 Å². The van der Waals surface area contributed by atoms with Crippen LogP contribution < -0.4 is 5.30 Å². The largest absolute Gasteiger partial charge is 0.388 e. The smallest absolute Gasteiger partial charge is 0.305 e. The third-order valence-corrected chi connectivity index (χ3v) is 6.34. The predicted molar refractivity (Wildman–Crippen MR) is 93.7 cm³/mol. The first-order chi connectivity index (χ1) is 11.9. The molecular weight excluding hydrogens is 370 g/mol. The molecule has 0 aromatic heterocycles. The van der Waals surface area contributed by atoms with E-state index in [2.05, 4.69) is 0 Å². The van der Waals surface area contributed by atoms with Gasteiger partial charge in [-0.1, -0.05) is 12.1 Å². The standard InChI is InChI=1S/C15H26O8P2/c1-5-18-22-24(16,23-19-6-2)13-14-9-11-15(12-10-14)25(17,20-7-3)21-8-4/h9-12H,5-8,13H2,1-4H3. The summed E-state index contributed by atoms with van der Waals surface area (Å²) in [5.74, 6) is 0. The summed E-state index contributed by atoms with van der Waals surface area (Å²) in [6, 6.07) is 6.51. The maximum absolute atomic E-state index is 12.7. The number of hydrogen-bond acceptors (Lipinski definition) is 8. The monoisotopic (exact) mass is 396 g/mol. The summed E-state index contributed by atoms with van der Waals surface area (Å²) < 4.78 is 45.6. The van der Waals surface area contributed by atoms with E-state index in [9.17, 15) is 9.13 Å². The fraction of sp³-hybridized carbons (Fsp3) is 0.600. The molecule has 0 aliphatic carbocycles. The quantitative estimate of drug-likeness (QED) is 0.278. The van der Waals surface area contributed by atoms with Gasteiger partial charge in [-0.3, -0.25) is 9.13 Å². The lowest BCUT2D eigenvalue weighted by Gasteiger charge is -2.18. The van der Waals surface area contributed by atoms with Crippen molar-refractivity contribution in [3.63, 3.8) is 0 Å². The van der Waals surface area contributed by atoms with Gasteiger partial charge >= 0.3 is 15.2 Å². The molecule has 0 spiro atoms. The first-order valence-corrected chi connectivity index (χ1v) is 11.4. The van der Waals surface area contributed by atoms with Crippen LogP contribution in [0.15, 0.2) is 24.3 Å². The van der Waals surface area contributed by atoms with E-state index in [1.54, 1.807) is 52.0 Å². The van der Waals surface area contributed by atoms with E-state index in [-0.39, 0.29) is 32.6 Å². The summed E-state index contributed by atoms with van der Waals surface area (Å²) in [6.07, 6.45) is -0.0686. The van der Waals surface area contributed by atoms with Crippen molar-refractivity contribution in [1.29, 1.82) is 0 Å². The Labute approximate surface area is 148 Å². The SMILES string of the molecule is CCOOP(=O)(Cc1ccc(P(=O)(OCC)OCC)cc1)OOCC. The molecule has 1 rings (SSSR count). The maximum atomic E-state index is 12.7. The van der Waals surface area contributed by atoms with Crippen molar-refractivity contribution in [3.8, 4) is 0 Å². The van der Waals surface area contributed by atoms with Gasteiger partial charge < -0.3 is 9.05 Å². The maximum Gasteiger partial charge on any atom is 0.388 e. The molecule has 8 nitrogen and oxygen atoms in total. The number of benzene rings is 1. The Bertz CT molecular complexity index is 568. The van der Waals surface area contributed by atoms with Crippen LogP contribution in [-0.2, 0) is 43.5 Å². The van der Waals surface area contributed by atoms with Crippen molar-refractivity contribution in [2.45, 2.75) is 33.9 Å². The molecule has 0 fully saturated rings. The Balaban J connectivity index is 2.92. The summed E-state index contributed by atoms with van der Waals surface area (Å²) in [6.45, 7) is 7.82. The molecular formula is C15H26O8P2. The van der Waals surface area contributed by atoms with E-state index in [0.29, 0.717) is 10.9 Å². The van der Waals surface area contributed by atoms with Crippen LogP contribution in [0.4, 0.5) is 0 Å².